The molecular formula is C18H23NO2. The van der Waals surface area contributed by atoms with Crippen molar-refractivity contribution in [3.05, 3.63) is 60.2 Å². The number of benzene rings is 2. The van der Waals surface area contributed by atoms with E-state index in [-0.39, 0.29) is 0 Å². The monoisotopic (exact) mass is 285 g/mol. The van der Waals surface area contributed by atoms with Gasteiger partial charge in [0, 0.05) is 0 Å². The SMILES string of the molecule is CC(C)(C)OC(N)=O.Cc1ccc(-c2ccccc2)cc1. The highest BCUT2D eigenvalue weighted by Gasteiger charge is 2.12. The van der Waals surface area contributed by atoms with Crippen molar-refractivity contribution in [3.8, 4) is 11.1 Å². The molecule has 0 atom stereocenters. The van der Waals surface area contributed by atoms with E-state index in [4.69, 9.17) is 5.73 Å². The molecule has 112 valence electrons. The van der Waals surface area contributed by atoms with Crippen molar-refractivity contribution in [2.24, 2.45) is 5.73 Å². The van der Waals surface area contributed by atoms with Crippen molar-refractivity contribution in [1.29, 1.82) is 0 Å². The lowest BCUT2D eigenvalue weighted by Gasteiger charge is -2.16. The molecule has 0 aliphatic rings. The average molecular weight is 285 g/mol. The fourth-order valence-electron chi connectivity index (χ4n) is 1.68. The van der Waals surface area contributed by atoms with Crippen LogP contribution in [-0.2, 0) is 4.74 Å². The molecule has 0 fully saturated rings. The molecule has 0 spiro atoms. The highest BCUT2D eigenvalue weighted by atomic mass is 16.6. The lowest BCUT2D eigenvalue weighted by molar-refractivity contribution is 0.0600. The Bertz CT molecular complexity index is 554. The molecule has 0 saturated carbocycles. The molecule has 3 heteroatoms. The summed E-state index contributed by atoms with van der Waals surface area (Å²) in [5.74, 6) is 0. The number of nitrogens with two attached hydrogens (primary N) is 1. The summed E-state index contributed by atoms with van der Waals surface area (Å²) < 4.78 is 4.58. The van der Waals surface area contributed by atoms with Gasteiger partial charge in [0.1, 0.15) is 5.60 Å². The summed E-state index contributed by atoms with van der Waals surface area (Å²) in [6.45, 7) is 7.39. The third-order valence-electron chi connectivity index (χ3n) is 2.57. The maximum atomic E-state index is 10.0. The minimum Gasteiger partial charge on any atom is -0.444 e. The summed E-state index contributed by atoms with van der Waals surface area (Å²) in [5, 5.41) is 0. The van der Waals surface area contributed by atoms with Crippen molar-refractivity contribution in [2.75, 3.05) is 0 Å². The molecule has 0 bridgehead atoms. The van der Waals surface area contributed by atoms with Crippen molar-refractivity contribution >= 4 is 6.09 Å². The van der Waals surface area contributed by atoms with Gasteiger partial charge in [-0.05, 0) is 38.8 Å². The molecule has 0 radical (unpaired) electrons. The molecule has 2 rings (SSSR count). The Morgan fingerprint density at radius 2 is 1.38 bits per heavy atom. The van der Waals surface area contributed by atoms with Gasteiger partial charge in [-0.3, -0.25) is 0 Å². The molecule has 2 aromatic carbocycles. The molecule has 21 heavy (non-hydrogen) atoms. The largest absolute Gasteiger partial charge is 0.444 e. The van der Waals surface area contributed by atoms with Crippen LogP contribution in [0.4, 0.5) is 4.79 Å². The number of amides is 1. The molecular weight excluding hydrogens is 262 g/mol. The van der Waals surface area contributed by atoms with Gasteiger partial charge in [-0.1, -0.05) is 60.2 Å². The van der Waals surface area contributed by atoms with Crippen molar-refractivity contribution in [3.63, 3.8) is 0 Å². The Morgan fingerprint density at radius 1 is 0.905 bits per heavy atom. The van der Waals surface area contributed by atoms with E-state index in [9.17, 15) is 4.79 Å². The predicted molar refractivity (Wildman–Crippen MR) is 87.0 cm³/mol. The second-order valence-corrected chi connectivity index (χ2v) is 5.77. The number of carbonyl (C=O) groups is 1. The summed E-state index contributed by atoms with van der Waals surface area (Å²) in [4.78, 5) is 10.0. The van der Waals surface area contributed by atoms with E-state index < -0.39 is 11.7 Å². The zero-order valence-corrected chi connectivity index (χ0v) is 13.1. The zero-order chi connectivity index (χ0) is 15.9. The number of hydrogen-bond donors (Lipinski definition) is 1. The van der Waals surface area contributed by atoms with Gasteiger partial charge in [-0.15, -0.1) is 0 Å². The summed E-state index contributed by atoms with van der Waals surface area (Å²) in [6.07, 6.45) is -0.725. The van der Waals surface area contributed by atoms with Crippen LogP contribution in [0, 0.1) is 6.92 Å². The topological polar surface area (TPSA) is 52.3 Å². The number of ether oxygens (including phenoxy) is 1. The molecule has 2 N–H and O–H groups in total. The fourth-order valence-corrected chi connectivity index (χ4v) is 1.68. The van der Waals surface area contributed by atoms with Gasteiger partial charge >= 0.3 is 6.09 Å². The van der Waals surface area contributed by atoms with Crippen LogP contribution >= 0.6 is 0 Å². The normalized spacial score (nSPS) is 10.3. The van der Waals surface area contributed by atoms with Gasteiger partial charge in [0.2, 0.25) is 0 Å². The number of primary amides is 1. The van der Waals surface area contributed by atoms with Crippen molar-refractivity contribution in [1.82, 2.24) is 0 Å². The second kappa shape index (κ2) is 7.48. The summed E-state index contributed by atoms with van der Waals surface area (Å²) in [7, 11) is 0. The second-order valence-electron chi connectivity index (χ2n) is 5.77. The van der Waals surface area contributed by atoms with Crippen LogP contribution in [0.1, 0.15) is 26.3 Å². The van der Waals surface area contributed by atoms with E-state index in [1.165, 1.54) is 16.7 Å². The first-order valence-electron chi connectivity index (χ1n) is 6.88. The lowest BCUT2D eigenvalue weighted by atomic mass is 10.0. The first-order chi connectivity index (χ1) is 9.78. The Morgan fingerprint density at radius 3 is 1.76 bits per heavy atom. The van der Waals surface area contributed by atoms with Gasteiger partial charge in [0.25, 0.3) is 0 Å². The van der Waals surface area contributed by atoms with Crippen LogP contribution in [0.2, 0.25) is 0 Å². The Hall–Kier alpha value is -2.29. The summed E-state index contributed by atoms with van der Waals surface area (Å²) in [6, 6.07) is 19.0. The highest BCUT2D eigenvalue weighted by Crippen LogP contribution is 2.18. The van der Waals surface area contributed by atoms with Crippen LogP contribution < -0.4 is 5.73 Å². The molecule has 2 aromatic rings. The van der Waals surface area contributed by atoms with E-state index in [1.54, 1.807) is 20.8 Å². The van der Waals surface area contributed by atoms with Crippen LogP contribution in [0.25, 0.3) is 11.1 Å². The molecule has 0 aromatic heterocycles. The standard InChI is InChI=1S/C13H12.C5H11NO2/c1-11-7-9-13(10-8-11)12-5-3-2-4-6-12;1-5(2,3)8-4(6)7/h2-10H,1H3;1-3H3,(H2,6,7). The predicted octanol–water partition coefficient (Wildman–Crippen LogP) is 4.54. The lowest BCUT2D eigenvalue weighted by Crippen LogP contribution is -2.27. The van der Waals surface area contributed by atoms with Crippen molar-refractivity contribution in [2.45, 2.75) is 33.3 Å². The molecule has 0 aliphatic heterocycles. The quantitative estimate of drug-likeness (QED) is 0.836. The van der Waals surface area contributed by atoms with Crippen LogP contribution in [0.3, 0.4) is 0 Å². The fraction of sp³-hybridized carbons (Fsp3) is 0.278. The molecule has 0 aliphatic carbocycles. The van der Waals surface area contributed by atoms with Gasteiger partial charge in [-0.25, -0.2) is 4.79 Å². The molecule has 1 amide bonds. The maximum absolute atomic E-state index is 10.0. The van der Waals surface area contributed by atoms with Crippen molar-refractivity contribution < 1.29 is 9.53 Å². The Kier molecular flexibility index (Phi) is 5.97. The third kappa shape index (κ3) is 7.16. The molecule has 0 heterocycles. The van der Waals surface area contributed by atoms with E-state index in [0.717, 1.165) is 0 Å². The van der Waals surface area contributed by atoms with E-state index in [2.05, 4.69) is 60.2 Å². The smallest absolute Gasteiger partial charge is 0.405 e. The minimum atomic E-state index is -0.725. The number of hydrogen-bond acceptors (Lipinski definition) is 2. The summed E-state index contributed by atoms with van der Waals surface area (Å²) >= 11 is 0. The van der Waals surface area contributed by atoms with E-state index in [0.29, 0.717) is 0 Å². The van der Waals surface area contributed by atoms with Gasteiger partial charge in [-0.2, -0.15) is 0 Å². The average Bonchev–Trinajstić information content (AvgIpc) is 2.38. The summed E-state index contributed by atoms with van der Waals surface area (Å²) in [5.41, 5.74) is 8.13. The van der Waals surface area contributed by atoms with Crippen LogP contribution in [0.5, 0.6) is 0 Å². The van der Waals surface area contributed by atoms with Gasteiger partial charge < -0.3 is 10.5 Å². The number of aryl methyl sites for hydroxylation is 1. The third-order valence-corrected chi connectivity index (χ3v) is 2.57. The Labute approximate surface area is 126 Å². The van der Waals surface area contributed by atoms with Crippen LogP contribution in [-0.4, -0.2) is 11.7 Å². The van der Waals surface area contributed by atoms with Crippen LogP contribution in [0.15, 0.2) is 54.6 Å². The number of rotatable bonds is 1. The molecule has 0 saturated heterocycles. The minimum absolute atomic E-state index is 0.453. The van der Waals surface area contributed by atoms with Gasteiger partial charge in [0.15, 0.2) is 0 Å². The van der Waals surface area contributed by atoms with Gasteiger partial charge in [0.05, 0.1) is 0 Å². The Balaban J connectivity index is 0.000000240. The molecule has 3 nitrogen and oxygen atoms in total. The van der Waals surface area contributed by atoms with E-state index in [1.807, 2.05) is 6.07 Å². The maximum Gasteiger partial charge on any atom is 0.405 e. The number of carbonyl (C=O) groups excluding carboxylic acids is 1. The van der Waals surface area contributed by atoms with E-state index >= 15 is 0 Å². The first-order valence-corrected chi connectivity index (χ1v) is 6.88. The zero-order valence-electron chi connectivity index (χ0n) is 13.1. The molecule has 0 unspecified atom stereocenters. The first kappa shape index (κ1) is 16.8. The highest BCUT2D eigenvalue weighted by molar-refractivity contribution is 5.65.